The third kappa shape index (κ3) is 9.76. The molecular weight excluding hydrogens is 393 g/mol. The van der Waals surface area contributed by atoms with Crippen molar-refractivity contribution >= 4 is 5.96 Å². The summed E-state index contributed by atoms with van der Waals surface area (Å²) in [5.74, 6) is 0.695. The van der Waals surface area contributed by atoms with E-state index >= 15 is 0 Å². The Bertz CT molecular complexity index is 764. The monoisotopic (exact) mass is 422 g/mol. The molecule has 0 aliphatic heterocycles. The third-order valence-electron chi connectivity index (χ3n) is 4.32. The van der Waals surface area contributed by atoms with Gasteiger partial charge in [0.05, 0.1) is 6.61 Å². The molecule has 0 radical (unpaired) electrons. The maximum Gasteiger partial charge on any atom is 0.411 e. The zero-order chi connectivity index (χ0) is 21.8. The number of likely N-dealkylation sites (N-methyl/N-ethyl adjacent to an activating group) is 1. The molecule has 2 aromatic carbocycles. The number of guanidine groups is 1. The molecular formula is C22H29F3N4O. The zero-order valence-corrected chi connectivity index (χ0v) is 17.4. The van der Waals surface area contributed by atoms with Crippen molar-refractivity contribution in [3.63, 3.8) is 0 Å². The maximum absolute atomic E-state index is 12.1. The van der Waals surface area contributed by atoms with E-state index in [0.29, 0.717) is 18.1 Å². The van der Waals surface area contributed by atoms with Gasteiger partial charge < -0.3 is 20.3 Å². The lowest BCUT2D eigenvalue weighted by atomic mass is 10.1. The lowest BCUT2D eigenvalue weighted by Gasteiger charge is -2.18. The first-order chi connectivity index (χ1) is 14.4. The van der Waals surface area contributed by atoms with Gasteiger partial charge in [0.1, 0.15) is 6.61 Å². The van der Waals surface area contributed by atoms with E-state index in [1.54, 1.807) is 19.2 Å². The molecule has 0 spiro atoms. The molecule has 30 heavy (non-hydrogen) atoms. The molecule has 0 heterocycles. The Balaban J connectivity index is 1.67. The van der Waals surface area contributed by atoms with Crippen LogP contribution in [0.5, 0.6) is 0 Å². The topological polar surface area (TPSA) is 48.9 Å². The fourth-order valence-corrected chi connectivity index (χ4v) is 2.78. The summed E-state index contributed by atoms with van der Waals surface area (Å²) >= 11 is 0. The molecule has 0 atom stereocenters. The molecule has 5 nitrogen and oxygen atoms in total. The molecule has 0 unspecified atom stereocenters. The van der Waals surface area contributed by atoms with Crippen molar-refractivity contribution in [1.82, 2.24) is 15.5 Å². The maximum atomic E-state index is 12.1. The summed E-state index contributed by atoms with van der Waals surface area (Å²) in [5, 5.41) is 6.51. The summed E-state index contributed by atoms with van der Waals surface area (Å²) in [6.45, 7) is 1.75. The number of ether oxygens (including phenoxy) is 1. The van der Waals surface area contributed by atoms with Gasteiger partial charge in [0.15, 0.2) is 5.96 Å². The first kappa shape index (κ1) is 23.7. The van der Waals surface area contributed by atoms with E-state index in [9.17, 15) is 13.2 Å². The second kappa shape index (κ2) is 12.2. The molecule has 0 saturated carbocycles. The van der Waals surface area contributed by atoms with Gasteiger partial charge in [0.2, 0.25) is 0 Å². The van der Waals surface area contributed by atoms with E-state index in [0.717, 1.165) is 25.2 Å². The van der Waals surface area contributed by atoms with Gasteiger partial charge in [0.25, 0.3) is 0 Å². The van der Waals surface area contributed by atoms with Crippen LogP contribution in [0.4, 0.5) is 13.2 Å². The number of hydrogen-bond donors (Lipinski definition) is 2. The molecule has 0 amide bonds. The van der Waals surface area contributed by atoms with Gasteiger partial charge in [-0.25, -0.2) is 0 Å². The fraction of sp³-hybridized carbons (Fsp3) is 0.409. The average Bonchev–Trinajstić information content (AvgIpc) is 2.71. The minimum atomic E-state index is -4.30. The van der Waals surface area contributed by atoms with Crippen molar-refractivity contribution in [2.75, 3.05) is 33.8 Å². The third-order valence-corrected chi connectivity index (χ3v) is 4.32. The van der Waals surface area contributed by atoms with Crippen molar-refractivity contribution in [2.45, 2.75) is 25.9 Å². The van der Waals surface area contributed by atoms with E-state index in [1.807, 2.05) is 30.3 Å². The van der Waals surface area contributed by atoms with Crippen LogP contribution in [-0.4, -0.2) is 50.8 Å². The zero-order valence-electron chi connectivity index (χ0n) is 17.4. The molecule has 0 saturated heterocycles. The van der Waals surface area contributed by atoms with Crippen LogP contribution in [0.3, 0.4) is 0 Å². The van der Waals surface area contributed by atoms with Gasteiger partial charge in [-0.2, -0.15) is 13.2 Å². The number of alkyl halides is 3. The van der Waals surface area contributed by atoms with Gasteiger partial charge >= 0.3 is 6.18 Å². The Morgan fingerprint density at radius 3 is 2.27 bits per heavy atom. The summed E-state index contributed by atoms with van der Waals surface area (Å²) in [7, 11) is 3.79. The van der Waals surface area contributed by atoms with E-state index < -0.39 is 12.8 Å². The van der Waals surface area contributed by atoms with E-state index in [-0.39, 0.29) is 6.61 Å². The largest absolute Gasteiger partial charge is 0.411 e. The van der Waals surface area contributed by atoms with Crippen LogP contribution in [0, 0.1) is 0 Å². The van der Waals surface area contributed by atoms with Crippen molar-refractivity contribution in [3.8, 4) is 0 Å². The van der Waals surface area contributed by atoms with Crippen molar-refractivity contribution in [1.29, 1.82) is 0 Å². The highest BCUT2D eigenvalue weighted by atomic mass is 19.4. The molecule has 2 rings (SSSR count). The highest BCUT2D eigenvalue weighted by Crippen LogP contribution is 2.15. The summed E-state index contributed by atoms with van der Waals surface area (Å²) in [4.78, 5) is 6.45. The van der Waals surface area contributed by atoms with E-state index in [1.165, 1.54) is 5.56 Å². The molecule has 8 heteroatoms. The first-order valence-corrected chi connectivity index (χ1v) is 9.75. The summed E-state index contributed by atoms with van der Waals surface area (Å²) in [6, 6.07) is 17.6. The van der Waals surface area contributed by atoms with Crippen molar-refractivity contribution < 1.29 is 17.9 Å². The number of nitrogens with one attached hydrogen (secondary N) is 2. The Morgan fingerprint density at radius 1 is 0.967 bits per heavy atom. The normalized spacial score (nSPS) is 12.3. The Kier molecular flexibility index (Phi) is 9.63. The Labute approximate surface area is 176 Å². The minimum Gasteiger partial charge on any atom is -0.367 e. The highest BCUT2D eigenvalue weighted by molar-refractivity contribution is 5.79. The molecule has 2 aromatic rings. The summed E-state index contributed by atoms with van der Waals surface area (Å²) in [5.41, 5.74) is 2.97. The Morgan fingerprint density at radius 2 is 1.63 bits per heavy atom. The van der Waals surface area contributed by atoms with Crippen LogP contribution in [0.2, 0.25) is 0 Å². The summed E-state index contributed by atoms with van der Waals surface area (Å²) in [6.07, 6.45) is -4.30. The van der Waals surface area contributed by atoms with Crippen LogP contribution in [0.15, 0.2) is 59.6 Å². The van der Waals surface area contributed by atoms with Crippen molar-refractivity contribution in [2.24, 2.45) is 4.99 Å². The van der Waals surface area contributed by atoms with Crippen LogP contribution in [0.1, 0.15) is 16.7 Å². The molecule has 164 valence electrons. The predicted octanol–water partition coefficient (Wildman–Crippen LogP) is 3.56. The number of nitrogens with zero attached hydrogens (tertiary/aromatic N) is 2. The molecule has 0 fully saturated rings. The fourth-order valence-electron chi connectivity index (χ4n) is 2.78. The van der Waals surface area contributed by atoms with Gasteiger partial charge in [-0.15, -0.1) is 0 Å². The molecule has 0 aliphatic rings. The van der Waals surface area contributed by atoms with Gasteiger partial charge in [-0.05, 0) is 23.7 Å². The second-order valence-electron chi connectivity index (χ2n) is 7.00. The molecule has 0 aromatic heterocycles. The number of aliphatic imine (C=N–C) groups is 1. The molecule has 2 N–H and O–H groups in total. The Hall–Kier alpha value is -2.58. The SMILES string of the molecule is CN=C(NCCN(C)Cc1ccccc1)NCc1ccc(COCC(F)(F)F)cc1. The lowest BCUT2D eigenvalue weighted by molar-refractivity contribution is -0.176. The first-order valence-electron chi connectivity index (χ1n) is 9.75. The van der Waals surface area contributed by atoms with Crippen LogP contribution in [-0.2, 0) is 24.4 Å². The van der Waals surface area contributed by atoms with Gasteiger partial charge in [0, 0.05) is 33.2 Å². The average molecular weight is 422 g/mol. The van der Waals surface area contributed by atoms with Crippen LogP contribution >= 0.6 is 0 Å². The standard InChI is InChI=1S/C22H29F3N4O/c1-26-21(27-12-13-29(2)15-19-6-4-3-5-7-19)28-14-18-8-10-20(11-9-18)16-30-17-22(23,24)25/h3-11H,12-17H2,1-2H3,(H2,26,27,28). The van der Waals surface area contributed by atoms with Gasteiger partial charge in [-0.1, -0.05) is 54.6 Å². The predicted molar refractivity (Wildman–Crippen MR) is 113 cm³/mol. The minimum absolute atomic E-state index is 0.0626. The quantitative estimate of drug-likeness (QED) is 0.454. The van der Waals surface area contributed by atoms with Crippen molar-refractivity contribution in [3.05, 3.63) is 71.3 Å². The van der Waals surface area contributed by atoms with E-state index in [4.69, 9.17) is 0 Å². The van der Waals surface area contributed by atoms with Gasteiger partial charge in [-0.3, -0.25) is 4.99 Å². The number of benzene rings is 2. The van der Waals surface area contributed by atoms with E-state index in [2.05, 4.69) is 44.4 Å². The number of halogens is 3. The number of hydrogen-bond acceptors (Lipinski definition) is 3. The number of rotatable bonds is 10. The lowest BCUT2D eigenvalue weighted by Crippen LogP contribution is -2.40. The smallest absolute Gasteiger partial charge is 0.367 e. The highest BCUT2D eigenvalue weighted by Gasteiger charge is 2.27. The molecule has 0 bridgehead atoms. The van der Waals surface area contributed by atoms with Crippen LogP contribution < -0.4 is 10.6 Å². The summed E-state index contributed by atoms with van der Waals surface area (Å²) < 4.78 is 41.0. The molecule has 0 aliphatic carbocycles. The second-order valence-corrected chi connectivity index (χ2v) is 7.00. The van der Waals surface area contributed by atoms with Crippen LogP contribution in [0.25, 0.3) is 0 Å².